The lowest BCUT2D eigenvalue weighted by molar-refractivity contribution is 0.151. The van der Waals surface area contributed by atoms with E-state index < -0.39 is 16.1 Å². The number of thioether (sulfide) groups is 1. The van der Waals surface area contributed by atoms with E-state index in [-0.39, 0.29) is 11.5 Å². The molecule has 3 aromatic rings. The fraction of sp³-hybridized carbons (Fsp3) is 0.407. The van der Waals surface area contributed by atoms with Crippen molar-refractivity contribution >= 4 is 27.9 Å². The minimum atomic E-state index is -4.09. The number of nitrogens with zero attached hydrogens (tertiary/aromatic N) is 2. The molecule has 1 unspecified atom stereocenters. The van der Waals surface area contributed by atoms with E-state index >= 15 is 0 Å². The Kier molecular flexibility index (Phi) is 10.0. The van der Waals surface area contributed by atoms with Gasteiger partial charge >= 0.3 is 6.09 Å². The van der Waals surface area contributed by atoms with Crippen LogP contribution in [0.2, 0.25) is 0 Å². The number of ether oxygens (including phenoxy) is 1. The summed E-state index contributed by atoms with van der Waals surface area (Å²) in [6.45, 7) is 7.13. The van der Waals surface area contributed by atoms with E-state index in [4.69, 9.17) is 9.72 Å². The highest BCUT2D eigenvalue weighted by Gasteiger charge is 2.22. The van der Waals surface area contributed by atoms with Gasteiger partial charge in [-0.05, 0) is 29.9 Å². The van der Waals surface area contributed by atoms with Crippen LogP contribution in [0.25, 0.3) is 11.1 Å². The summed E-state index contributed by atoms with van der Waals surface area (Å²) in [6.07, 6.45) is 5.65. The number of carbonyl (C=O) groups excluding carboxylic acids is 1. The van der Waals surface area contributed by atoms with Crippen LogP contribution in [0, 0.1) is 0 Å². The summed E-state index contributed by atoms with van der Waals surface area (Å²) in [4.78, 5) is 16.8. The van der Waals surface area contributed by atoms with E-state index in [0.29, 0.717) is 24.4 Å². The van der Waals surface area contributed by atoms with Crippen molar-refractivity contribution in [3.8, 4) is 11.1 Å². The van der Waals surface area contributed by atoms with Gasteiger partial charge in [0.1, 0.15) is 5.82 Å². The number of unbranched alkanes of at least 4 members (excludes halogenated alkanes) is 1. The second kappa shape index (κ2) is 13.0. The fourth-order valence-corrected chi connectivity index (χ4v) is 5.69. The minimum Gasteiger partial charge on any atom is -0.449 e. The van der Waals surface area contributed by atoms with Crippen LogP contribution in [0.4, 0.5) is 4.79 Å². The van der Waals surface area contributed by atoms with Gasteiger partial charge in [-0.15, -0.1) is 0 Å². The number of aromatic nitrogens is 2. The van der Waals surface area contributed by atoms with Crippen molar-refractivity contribution in [3.63, 3.8) is 0 Å². The predicted octanol–water partition coefficient (Wildman–Crippen LogP) is 5.84. The maximum Gasteiger partial charge on any atom is 0.421 e. The van der Waals surface area contributed by atoms with Gasteiger partial charge in [0.25, 0.3) is 10.0 Å². The van der Waals surface area contributed by atoms with E-state index in [0.717, 1.165) is 41.2 Å². The zero-order valence-corrected chi connectivity index (χ0v) is 23.0. The predicted molar refractivity (Wildman–Crippen MR) is 146 cm³/mol. The van der Waals surface area contributed by atoms with Crippen molar-refractivity contribution in [1.29, 1.82) is 0 Å². The Morgan fingerprint density at radius 3 is 2.53 bits per heavy atom. The summed E-state index contributed by atoms with van der Waals surface area (Å²) in [6, 6.07) is 14.4. The highest BCUT2D eigenvalue weighted by Crippen LogP contribution is 2.28. The normalized spacial score (nSPS) is 12.3. The zero-order chi connectivity index (χ0) is 26.1. The molecule has 2 aromatic carbocycles. The Morgan fingerprint density at radius 2 is 1.86 bits per heavy atom. The molecule has 3 rings (SSSR count). The number of hydrogen-bond acceptors (Lipinski definition) is 6. The van der Waals surface area contributed by atoms with Crippen molar-refractivity contribution in [2.24, 2.45) is 0 Å². The molecule has 0 radical (unpaired) electrons. The van der Waals surface area contributed by atoms with Gasteiger partial charge in [0.05, 0.1) is 17.2 Å². The van der Waals surface area contributed by atoms with Crippen LogP contribution < -0.4 is 4.72 Å². The first kappa shape index (κ1) is 27.8. The standard InChI is InChI=1S/C27H35N3O4S2/c1-5-7-16-34-27(31)29-36(32,33)25-11-9-8-10-23(25)22-14-12-21(13-15-22)17-30-18-24(20(3)19-35-4)28-26(30)6-2/h8-15,18,20H,5-7,16-17,19H2,1-4H3,(H,29,31). The fourth-order valence-electron chi connectivity index (χ4n) is 3.90. The second-order valence-electron chi connectivity index (χ2n) is 8.71. The number of aryl methyl sites for hydroxylation is 1. The lowest BCUT2D eigenvalue weighted by Crippen LogP contribution is -2.31. The van der Waals surface area contributed by atoms with Gasteiger partial charge in [-0.1, -0.05) is 69.7 Å². The molecule has 0 aliphatic carbocycles. The molecule has 0 spiro atoms. The number of imidazole rings is 1. The quantitative estimate of drug-likeness (QED) is 0.296. The summed E-state index contributed by atoms with van der Waals surface area (Å²) in [7, 11) is -4.09. The van der Waals surface area contributed by atoms with Crippen LogP contribution in [0.15, 0.2) is 59.6 Å². The third kappa shape index (κ3) is 7.13. The number of hydrogen-bond donors (Lipinski definition) is 1. The topological polar surface area (TPSA) is 90.3 Å². The average Bonchev–Trinajstić information content (AvgIpc) is 3.27. The summed E-state index contributed by atoms with van der Waals surface area (Å²) < 4.78 is 35.0. The molecular formula is C27H35N3O4S2. The Hall–Kier alpha value is -2.78. The van der Waals surface area contributed by atoms with Crippen LogP contribution in [0.5, 0.6) is 0 Å². The SMILES string of the molecule is CCCCOC(=O)NS(=O)(=O)c1ccccc1-c1ccc(Cn2cc(C(C)CSC)nc2CC)cc1. The number of carbonyl (C=O) groups is 1. The van der Waals surface area contributed by atoms with E-state index in [1.165, 1.54) is 6.07 Å². The maximum atomic E-state index is 12.9. The van der Waals surface area contributed by atoms with Gasteiger partial charge in [0.15, 0.2) is 0 Å². The van der Waals surface area contributed by atoms with Crippen molar-refractivity contribution in [2.45, 2.75) is 57.4 Å². The highest BCUT2D eigenvalue weighted by atomic mass is 32.2. The molecule has 1 atom stereocenters. The lowest BCUT2D eigenvalue weighted by atomic mass is 10.0. The molecule has 0 aliphatic rings. The van der Waals surface area contributed by atoms with Gasteiger partial charge in [-0.25, -0.2) is 22.9 Å². The minimum absolute atomic E-state index is 0.0282. The highest BCUT2D eigenvalue weighted by molar-refractivity contribution is 7.98. The Balaban J connectivity index is 1.80. The van der Waals surface area contributed by atoms with Crippen molar-refractivity contribution < 1.29 is 17.9 Å². The summed E-state index contributed by atoms with van der Waals surface area (Å²) in [5.41, 5.74) is 3.46. The van der Waals surface area contributed by atoms with E-state index in [9.17, 15) is 13.2 Å². The van der Waals surface area contributed by atoms with Crippen LogP contribution in [-0.2, 0) is 27.7 Å². The van der Waals surface area contributed by atoms with Gasteiger partial charge < -0.3 is 9.30 Å². The van der Waals surface area contributed by atoms with E-state index in [1.54, 1.807) is 18.2 Å². The van der Waals surface area contributed by atoms with Gasteiger partial charge in [-0.3, -0.25) is 0 Å². The van der Waals surface area contributed by atoms with Crippen LogP contribution in [0.3, 0.4) is 0 Å². The second-order valence-corrected chi connectivity index (χ2v) is 11.3. The summed E-state index contributed by atoms with van der Waals surface area (Å²) in [5, 5.41) is 0. The first-order valence-corrected chi connectivity index (χ1v) is 15.1. The summed E-state index contributed by atoms with van der Waals surface area (Å²) >= 11 is 1.82. The Bertz CT molecular complexity index is 1250. The number of nitrogens with one attached hydrogen (secondary N) is 1. The molecule has 1 amide bonds. The van der Waals surface area contributed by atoms with Gasteiger partial charge in [0, 0.05) is 36.4 Å². The Labute approximate surface area is 218 Å². The molecule has 1 heterocycles. The first-order chi connectivity index (χ1) is 17.3. The maximum absolute atomic E-state index is 12.9. The van der Waals surface area contributed by atoms with Crippen molar-refractivity contribution in [3.05, 3.63) is 71.8 Å². The Morgan fingerprint density at radius 1 is 1.14 bits per heavy atom. The molecule has 36 heavy (non-hydrogen) atoms. The molecule has 7 nitrogen and oxygen atoms in total. The lowest BCUT2D eigenvalue weighted by Gasteiger charge is -2.13. The number of benzene rings is 2. The largest absolute Gasteiger partial charge is 0.449 e. The van der Waals surface area contributed by atoms with Crippen molar-refractivity contribution in [2.75, 3.05) is 18.6 Å². The molecule has 0 saturated carbocycles. The first-order valence-electron chi connectivity index (χ1n) is 12.2. The molecule has 0 aliphatic heterocycles. The zero-order valence-electron chi connectivity index (χ0n) is 21.4. The monoisotopic (exact) mass is 529 g/mol. The molecule has 194 valence electrons. The van der Waals surface area contributed by atoms with Gasteiger partial charge in [-0.2, -0.15) is 11.8 Å². The van der Waals surface area contributed by atoms with Crippen LogP contribution >= 0.6 is 11.8 Å². The number of amides is 1. The van der Waals surface area contributed by atoms with Crippen molar-refractivity contribution in [1.82, 2.24) is 14.3 Å². The molecule has 0 saturated heterocycles. The molecule has 0 fully saturated rings. The van der Waals surface area contributed by atoms with Crippen LogP contribution in [0.1, 0.15) is 56.6 Å². The molecule has 0 bridgehead atoms. The van der Waals surface area contributed by atoms with Gasteiger partial charge in [0.2, 0.25) is 0 Å². The number of rotatable bonds is 12. The van der Waals surface area contributed by atoms with E-state index in [1.807, 2.05) is 47.7 Å². The molecule has 1 aromatic heterocycles. The molecule has 1 N–H and O–H groups in total. The number of sulfonamides is 1. The smallest absolute Gasteiger partial charge is 0.421 e. The average molecular weight is 530 g/mol. The summed E-state index contributed by atoms with van der Waals surface area (Å²) in [5.74, 6) is 2.47. The van der Waals surface area contributed by atoms with Crippen LogP contribution in [-0.4, -0.2) is 42.7 Å². The third-order valence-corrected chi connectivity index (χ3v) is 8.06. The third-order valence-electron chi connectivity index (χ3n) is 5.86. The molecule has 9 heteroatoms. The van der Waals surface area contributed by atoms with E-state index in [2.05, 4.69) is 30.9 Å². The molecular weight excluding hydrogens is 494 g/mol.